The molecule has 0 bridgehead atoms. The van der Waals surface area contributed by atoms with Crippen LogP contribution in [0.2, 0.25) is 0 Å². The van der Waals surface area contributed by atoms with E-state index in [1.807, 2.05) is 18.7 Å². The first-order chi connectivity index (χ1) is 14.3. The van der Waals surface area contributed by atoms with Crippen molar-refractivity contribution in [2.45, 2.75) is 53.0 Å². The molecule has 2 amide bonds. The van der Waals surface area contributed by atoms with E-state index in [1.165, 1.54) is 32.9 Å². The predicted octanol–water partition coefficient (Wildman–Crippen LogP) is 1.92. The van der Waals surface area contributed by atoms with Gasteiger partial charge in [-0.1, -0.05) is 48.9 Å². The number of hydrogen-bond acceptors (Lipinski definition) is 5. The second-order valence-electron chi connectivity index (χ2n) is 8.39. The molecule has 0 aliphatic carbocycles. The molecule has 3 rings (SSSR count). The Balaban J connectivity index is 1.40. The SMILES string of the molecule is Cc1ccc(C[NH+]2CCN(C(=O)CCC(=O)Nc3nnc(C(C)C)s3)CC2)c(C)c1. The minimum atomic E-state index is -0.186. The predicted molar refractivity (Wildman–Crippen MR) is 119 cm³/mol. The standard InChI is InChI=1S/C22H31N5O2S/c1-15(2)21-24-25-22(30-21)23-19(28)7-8-20(29)27-11-9-26(10-12-27)14-18-6-5-16(3)13-17(18)4/h5-6,13,15H,7-12,14H2,1-4H3,(H,23,25,28)/p+1. The fourth-order valence-electron chi connectivity index (χ4n) is 3.64. The van der Waals surface area contributed by atoms with E-state index in [2.05, 4.69) is 47.6 Å². The monoisotopic (exact) mass is 430 g/mol. The Bertz CT molecular complexity index is 887. The third kappa shape index (κ3) is 6.09. The summed E-state index contributed by atoms with van der Waals surface area (Å²) in [5.74, 6) is 0.148. The highest BCUT2D eigenvalue weighted by atomic mass is 32.1. The lowest BCUT2D eigenvalue weighted by molar-refractivity contribution is -0.917. The number of quaternary nitrogens is 1. The summed E-state index contributed by atoms with van der Waals surface area (Å²) in [6.45, 7) is 12.7. The van der Waals surface area contributed by atoms with Crippen molar-refractivity contribution < 1.29 is 14.5 Å². The largest absolute Gasteiger partial charge is 0.331 e. The molecule has 0 unspecified atom stereocenters. The number of carbonyl (C=O) groups excluding carboxylic acids is 2. The Morgan fingerprint density at radius 3 is 2.53 bits per heavy atom. The molecule has 7 nitrogen and oxygen atoms in total. The normalized spacial score (nSPS) is 14.9. The van der Waals surface area contributed by atoms with Gasteiger partial charge < -0.3 is 15.1 Å². The molecule has 1 aromatic carbocycles. The number of aryl methyl sites for hydroxylation is 2. The van der Waals surface area contributed by atoms with Gasteiger partial charge in [-0.3, -0.25) is 9.59 Å². The lowest BCUT2D eigenvalue weighted by atomic mass is 10.1. The molecule has 1 fully saturated rings. The van der Waals surface area contributed by atoms with Crippen LogP contribution in [-0.4, -0.2) is 53.1 Å². The molecular formula is C22H32N5O2S+. The van der Waals surface area contributed by atoms with E-state index < -0.39 is 0 Å². The molecule has 1 saturated heterocycles. The minimum Gasteiger partial charge on any atom is -0.331 e. The van der Waals surface area contributed by atoms with Gasteiger partial charge in [-0.2, -0.15) is 0 Å². The van der Waals surface area contributed by atoms with Gasteiger partial charge in [-0.15, -0.1) is 10.2 Å². The van der Waals surface area contributed by atoms with Crippen LogP contribution in [0, 0.1) is 13.8 Å². The van der Waals surface area contributed by atoms with Gasteiger partial charge in [0, 0.05) is 24.3 Å². The average Bonchev–Trinajstić information content (AvgIpc) is 3.17. The first-order valence-electron chi connectivity index (χ1n) is 10.6. The molecule has 8 heteroatoms. The molecule has 1 aliphatic rings. The number of piperazine rings is 1. The highest BCUT2D eigenvalue weighted by molar-refractivity contribution is 7.15. The van der Waals surface area contributed by atoms with Crippen molar-refractivity contribution in [1.82, 2.24) is 15.1 Å². The summed E-state index contributed by atoms with van der Waals surface area (Å²) < 4.78 is 0. The van der Waals surface area contributed by atoms with Gasteiger partial charge in [-0.25, -0.2) is 0 Å². The lowest BCUT2D eigenvalue weighted by Gasteiger charge is -2.32. The molecule has 0 saturated carbocycles. The Labute approximate surface area is 182 Å². The van der Waals surface area contributed by atoms with Crippen molar-refractivity contribution >= 4 is 28.3 Å². The molecule has 162 valence electrons. The fraction of sp³-hybridized carbons (Fsp3) is 0.545. The number of anilines is 1. The highest BCUT2D eigenvalue weighted by Gasteiger charge is 2.24. The van der Waals surface area contributed by atoms with E-state index >= 15 is 0 Å². The van der Waals surface area contributed by atoms with E-state index in [4.69, 9.17) is 0 Å². The summed E-state index contributed by atoms with van der Waals surface area (Å²) in [5, 5.41) is 12.2. The molecule has 2 N–H and O–H groups in total. The smallest absolute Gasteiger partial charge is 0.226 e. The zero-order chi connectivity index (χ0) is 21.7. The quantitative estimate of drug-likeness (QED) is 0.703. The number of benzene rings is 1. The summed E-state index contributed by atoms with van der Waals surface area (Å²) in [4.78, 5) is 28.0. The van der Waals surface area contributed by atoms with Crippen LogP contribution in [-0.2, 0) is 16.1 Å². The van der Waals surface area contributed by atoms with Crippen LogP contribution in [0.3, 0.4) is 0 Å². The van der Waals surface area contributed by atoms with Crippen LogP contribution in [0.15, 0.2) is 18.2 Å². The second-order valence-corrected chi connectivity index (χ2v) is 9.39. The van der Waals surface area contributed by atoms with Crippen LogP contribution in [0.4, 0.5) is 5.13 Å². The maximum Gasteiger partial charge on any atom is 0.226 e. The molecule has 1 aromatic heterocycles. The van der Waals surface area contributed by atoms with Crippen molar-refractivity contribution in [2.24, 2.45) is 0 Å². The maximum absolute atomic E-state index is 12.5. The number of carbonyl (C=O) groups is 2. The van der Waals surface area contributed by atoms with Crippen LogP contribution in [0.1, 0.15) is 54.3 Å². The summed E-state index contributed by atoms with van der Waals surface area (Å²) in [5.41, 5.74) is 4.00. The highest BCUT2D eigenvalue weighted by Crippen LogP contribution is 2.22. The molecular weight excluding hydrogens is 398 g/mol. The maximum atomic E-state index is 12.5. The van der Waals surface area contributed by atoms with E-state index in [1.54, 1.807) is 0 Å². The molecule has 2 heterocycles. The molecule has 0 atom stereocenters. The van der Waals surface area contributed by atoms with Crippen LogP contribution in [0.5, 0.6) is 0 Å². The van der Waals surface area contributed by atoms with E-state index in [9.17, 15) is 9.59 Å². The van der Waals surface area contributed by atoms with Gasteiger partial charge in [0.15, 0.2) is 0 Å². The van der Waals surface area contributed by atoms with Gasteiger partial charge in [-0.05, 0) is 19.4 Å². The number of amides is 2. The van der Waals surface area contributed by atoms with Crippen molar-refractivity contribution in [3.63, 3.8) is 0 Å². The zero-order valence-corrected chi connectivity index (χ0v) is 19.1. The van der Waals surface area contributed by atoms with Crippen LogP contribution in [0.25, 0.3) is 0 Å². The topological polar surface area (TPSA) is 79.6 Å². The third-order valence-corrected chi connectivity index (χ3v) is 6.65. The van der Waals surface area contributed by atoms with Crippen molar-refractivity contribution in [3.8, 4) is 0 Å². The van der Waals surface area contributed by atoms with E-state index in [0.717, 1.165) is 37.7 Å². The number of rotatable bonds is 7. The zero-order valence-electron chi connectivity index (χ0n) is 18.3. The van der Waals surface area contributed by atoms with Crippen LogP contribution < -0.4 is 10.2 Å². The Morgan fingerprint density at radius 2 is 1.90 bits per heavy atom. The molecule has 30 heavy (non-hydrogen) atoms. The van der Waals surface area contributed by atoms with E-state index in [0.29, 0.717) is 5.13 Å². The second kappa shape index (κ2) is 10.1. The summed E-state index contributed by atoms with van der Waals surface area (Å²) in [7, 11) is 0. The number of nitrogens with zero attached hydrogens (tertiary/aromatic N) is 3. The Kier molecular flexibility index (Phi) is 7.55. The first-order valence-corrected chi connectivity index (χ1v) is 11.4. The summed E-state index contributed by atoms with van der Waals surface area (Å²) >= 11 is 1.38. The average molecular weight is 431 g/mol. The molecule has 0 radical (unpaired) electrons. The van der Waals surface area contributed by atoms with E-state index in [-0.39, 0.29) is 30.6 Å². The van der Waals surface area contributed by atoms with Crippen LogP contribution >= 0.6 is 11.3 Å². The molecule has 2 aromatic rings. The minimum absolute atomic E-state index is 0.0517. The molecule has 1 aliphatic heterocycles. The molecule has 0 spiro atoms. The fourth-order valence-corrected chi connectivity index (χ4v) is 4.40. The lowest BCUT2D eigenvalue weighted by Crippen LogP contribution is -3.13. The Hall–Kier alpha value is -2.32. The summed E-state index contributed by atoms with van der Waals surface area (Å²) in [6.07, 6.45) is 0.402. The first kappa shape index (κ1) is 22.4. The number of nitrogens with one attached hydrogen (secondary N) is 2. The van der Waals surface area contributed by atoms with Gasteiger partial charge in [0.2, 0.25) is 16.9 Å². The summed E-state index contributed by atoms with van der Waals surface area (Å²) in [6, 6.07) is 6.61. The van der Waals surface area contributed by atoms with Crippen molar-refractivity contribution in [1.29, 1.82) is 0 Å². The van der Waals surface area contributed by atoms with Crippen molar-refractivity contribution in [3.05, 3.63) is 39.9 Å². The third-order valence-electron chi connectivity index (χ3n) is 5.51. The van der Waals surface area contributed by atoms with Crippen molar-refractivity contribution in [2.75, 3.05) is 31.5 Å². The van der Waals surface area contributed by atoms with Gasteiger partial charge >= 0.3 is 0 Å². The number of hydrogen-bond donors (Lipinski definition) is 2. The Morgan fingerprint density at radius 1 is 1.17 bits per heavy atom. The van der Waals surface area contributed by atoms with Gasteiger partial charge in [0.05, 0.1) is 26.2 Å². The van der Waals surface area contributed by atoms with Gasteiger partial charge in [0.25, 0.3) is 0 Å². The number of aromatic nitrogens is 2. The van der Waals surface area contributed by atoms with Gasteiger partial charge in [0.1, 0.15) is 11.6 Å².